The van der Waals surface area contributed by atoms with Crippen LogP contribution in [0.15, 0.2) is 60.8 Å². The SMILES string of the molecule is CN(C(=O)C=Cc1ccccc1C#N)[C@@H](Cc1c[nH]c2ccccc12)C(=O)O. The van der Waals surface area contributed by atoms with Gasteiger partial charge in [0.2, 0.25) is 5.91 Å². The number of rotatable bonds is 6. The molecule has 0 aliphatic carbocycles. The molecule has 28 heavy (non-hydrogen) atoms. The van der Waals surface area contributed by atoms with Crippen molar-refractivity contribution in [3.05, 3.63) is 77.5 Å². The van der Waals surface area contributed by atoms with Crippen molar-refractivity contribution in [3.8, 4) is 6.07 Å². The lowest BCUT2D eigenvalue weighted by Crippen LogP contribution is -2.43. The van der Waals surface area contributed by atoms with Gasteiger partial charge in [-0.05, 0) is 29.3 Å². The summed E-state index contributed by atoms with van der Waals surface area (Å²) in [7, 11) is 1.47. The second kappa shape index (κ2) is 8.23. The van der Waals surface area contributed by atoms with E-state index in [1.807, 2.05) is 24.3 Å². The Hall–Kier alpha value is -3.85. The largest absolute Gasteiger partial charge is 0.480 e. The van der Waals surface area contributed by atoms with Crippen molar-refractivity contribution in [1.82, 2.24) is 9.88 Å². The number of nitrogens with zero attached hydrogens (tertiary/aromatic N) is 2. The van der Waals surface area contributed by atoms with Gasteiger partial charge in [0, 0.05) is 36.6 Å². The maximum atomic E-state index is 12.5. The van der Waals surface area contributed by atoms with E-state index in [9.17, 15) is 14.7 Å². The number of carbonyl (C=O) groups excluding carboxylic acids is 1. The van der Waals surface area contributed by atoms with Gasteiger partial charge >= 0.3 is 5.97 Å². The molecule has 0 bridgehead atoms. The maximum Gasteiger partial charge on any atom is 0.326 e. The number of aliphatic carboxylic acids is 1. The lowest BCUT2D eigenvalue weighted by molar-refractivity contribution is -0.147. The number of amides is 1. The third kappa shape index (κ3) is 3.94. The predicted octanol–water partition coefficient (Wildman–Crippen LogP) is 3.21. The van der Waals surface area contributed by atoms with E-state index in [0.717, 1.165) is 16.5 Å². The molecule has 0 aliphatic rings. The Balaban J connectivity index is 1.80. The summed E-state index contributed by atoms with van der Waals surface area (Å²) in [5.74, 6) is -1.52. The van der Waals surface area contributed by atoms with E-state index in [0.29, 0.717) is 11.1 Å². The number of hydrogen-bond acceptors (Lipinski definition) is 3. The minimum atomic E-state index is -1.08. The number of para-hydroxylation sites is 1. The Labute approximate surface area is 162 Å². The average Bonchev–Trinajstić information content (AvgIpc) is 3.12. The van der Waals surface area contributed by atoms with Crippen molar-refractivity contribution in [1.29, 1.82) is 5.26 Å². The van der Waals surface area contributed by atoms with E-state index in [2.05, 4.69) is 11.1 Å². The molecule has 3 aromatic rings. The zero-order chi connectivity index (χ0) is 20.1. The molecule has 1 amide bonds. The molecule has 1 atom stereocenters. The van der Waals surface area contributed by atoms with E-state index in [1.54, 1.807) is 30.5 Å². The van der Waals surface area contributed by atoms with Gasteiger partial charge < -0.3 is 15.0 Å². The van der Waals surface area contributed by atoms with E-state index in [1.165, 1.54) is 24.1 Å². The Morgan fingerprint density at radius 3 is 2.68 bits per heavy atom. The van der Waals surface area contributed by atoms with Crippen LogP contribution in [0.4, 0.5) is 0 Å². The highest BCUT2D eigenvalue weighted by molar-refractivity contribution is 5.95. The smallest absolute Gasteiger partial charge is 0.326 e. The molecule has 0 aliphatic heterocycles. The topological polar surface area (TPSA) is 97.2 Å². The molecule has 0 radical (unpaired) electrons. The molecule has 0 saturated heterocycles. The van der Waals surface area contributed by atoms with Crippen LogP contribution in [0.2, 0.25) is 0 Å². The first-order valence-electron chi connectivity index (χ1n) is 8.73. The molecule has 0 spiro atoms. The number of aromatic nitrogens is 1. The summed E-state index contributed by atoms with van der Waals surface area (Å²) in [5, 5.41) is 19.7. The Bertz CT molecular complexity index is 1090. The van der Waals surface area contributed by atoms with Gasteiger partial charge in [-0.15, -0.1) is 0 Å². The Morgan fingerprint density at radius 1 is 1.21 bits per heavy atom. The van der Waals surface area contributed by atoms with E-state index in [-0.39, 0.29) is 6.42 Å². The van der Waals surface area contributed by atoms with Crippen molar-refractivity contribution < 1.29 is 14.7 Å². The quantitative estimate of drug-likeness (QED) is 0.648. The van der Waals surface area contributed by atoms with E-state index in [4.69, 9.17) is 5.26 Å². The molecule has 6 nitrogen and oxygen atoms in total. The minimum Gasteiger partial charge on any atom is -0.480 e. The number of aromatic amines is 1. The fourth-order valence-electron chi connectivity index (χ4n) is 3.08. The second-order valence-electron chi connectivity index (χ2n) is 6.40. The normalized spacial score (nSPS) is 12.0. The van der Waals surface area contributed by atoms with Gasteiger partial charge in [0.25, 0.3) is 0 Å². The molecule has 1 heterocycles. The predicted molar refractivity (Wildman–Crippen MR) is 106 cm³/mol. The van der Waals surface area contributed by atoms with E-state index < -0.39 is 17.9 Å². The highest BCUT2D eigenvalue weighted by Crippen LogP contribution is 2.20. The molecule has 6 heteroatoms. The van der Waals surface area contributed by atoms with Crippen LogP contribution < -0.4 is 0 Å². The van der Waals surface area contributed by atoms with Crippen LogP contribution in [-0.4, -0.2) is 40.0 Å². The zero-order valence-corrected chi connectivity index (χ0v) is 15.3. The molecule has 1 aromatic heterocycles. The number of likely N-dealkylation sites (N-methyl/N-ethyl adjacent to an activating group) is 1. The van der Waals surface area contributed by atoms with Crippen molar-refractivity contribution in [2.24, 2.45) is 0 Å². The highest BCUT2D eigenvalue weighted by atomic mass is 16.4. The number of nitriles is 1. The number of fused-ring (bicyclic) bond motifs is 1. The molecule has 0 fully saturated rings. The molecular weight excluding hydrogens is 354 g/mol. The van der Waals surface area contributed by atoms with E-state index >= 15 is 0 Å². The van der Waals surface area contributed by atoms with Crippen molar-refractivity contribution in [2.45, 2.75) is 12.5 Å². The maximum absolute atomic E-state index is 12.5. The molecule has 140 valence electrons. The number of nitrogens with one attached hydrogen (secondary N) is 1. The van der Waals surface area contributed by atoms with Gasteiger partial charge in [0.15, 0.2) is 0 Å². The summed E-state index contributed by atoms with van der Waals surface area (Å²) in [6, 6.07) is 15.6. The fraction of sp³-hybridized carbons (Fsp3) is 0.136. The summed E-state index contributed by atoms with van der Waals surface area (Å²) >= 11 is 0. The van der Waals surface area contributed by atoms with Crippen molar-refractivity contribution >= 4 is 28.9 Å². The molecule has 2 aromatic carbocycles. The summed E-state index contributed by atoms with van der Waals surface area (Å²) in [6.07, 6.45) is 4.78. The average molecular weight is 373 g/mol. The number of carboxylic acid groups (broad SMARTS) is 1. The molecular formula is C22H19N3O3. The standard InChI is InChI=1S/C22H19N3O3/c1-25(21(26)11-10-15-6-2-3-7-16(15)13-23)20(22(27)28)12-17-14-24-19-9-5-4-8-18(17)19/h2-11,14,20,24H,12H2,1H3,(H,27,28)/t20-/m0/s1. The van der Waals surface area contributed by atoms with Crippen LogP contribution in [0.25, 0.3) is 17.0 Å². The first-order chi connectivity index (χ1) is 13.5. The minimum absolute atomic E-state index is 0.185. The van der Waals surface area contributed by atoms with Gasteiger partial charge in [-0.1, -0.05) is 36.4 Å². The van der Waals surface area contributed by atoms with Gasteiger partial charge in [-0.3, -0.25) is 4.79 Å². The van der Waals surface area contributed by atoms with Gasteiger partial charge in [-0.2, -0.15) is 5.26 Å². The highest BCUT2D eigenvalue weighted by Gasteiger charge is 2.26. The first-order valence-corrected chi connectivity index (χ1v) is 8.73. The number of carboxylic acids is 1. The van der Waals surface area contributed by atoms with Gasteiger partial charge in [0.05, 0.1) is 11.6 Å². The number of hydrogen-bond donors (Lipinski definition) is 2. The number of H-pyrrole nitrogens is 1. The third-order valence-corrected chi connectivity index (χ3v) is 4.68. The third-order valence-electron chi connectivity index (χ3n) is 4.68. The summed E-state index contributed by atoms with van der Waals surface area (Å²) in [5.41, 5.74) is 2.81. The van der Waals surface area contributed by atoms with Crippen LogP contribution in [0, 0.1) is 11.3 Å². The van der Waals surface area contributed by atoms with Crippen LogP contribution in [0.1, 0.15) is 16.7 Å². The summed E-state index contributed by atoms with van der Waals surface area (Å²) in [6.45, 7) is 0. The first kappa shape index (κ1) is 18.9. The van der Waals surface area contributed by atoms with Gasteiger partial charge in [0.1, 0.15) is 6.04 Å². The van der Waals surface area contributed by atoms with Crippen LogP contribution in [0.3, 0.4) is 0 Å². The number of benzene rings is 2. The van der Waals surface area contributed by atoms with Crippen LogP contribution in [0.5, 0.6) is 0 Å². The molecule has 3 rings (SSSR count). The van der Waals surface area contributed by atoms with Gasteiger partial charge in [-0.25, -0.2) is 4.79 Å². The fourth-order valence-corrected chi connectivity index (χ4v) is 3.08. The Kier molecular flexibility index (Phi) is 5.56. The summed E-state index contributed by atoms with van der Waals surface area (Å²) in [4.78, 5) is 28.7. The number of carbonyl (C=O) groups is 2. The van der Waals surface area contributed by atoms with Crippen LogP contribution in [-0.2, 0) is 16.0 Å². The zero-order valence-electron chi connectivity index (χ0n) is 15.3. The Morgan fingerprint density at radius 2 is 1.93 bits per heavy atom. The monoisotopic (exact) mass is 373 g/mol. The lowest BCUT2D eigenvalue weighted by Gasteiger charge is -2.23. The van der Waals surface area contributed by atoms with Crippen molar-refractivity contribution in [3.63, 3.8) is 0 Å². The second-order valence-corrected chi connectivity index (χ2v) is 6.40. The van der Waals surface area contributed by atoms with Crippen molar-refractivity contribution in [2.75, 3.05) is 7.05 Å². The molecule has 2 N–H and O–H groups in total. The molecule has 0 saturated carbocycles. The molecule has 0 unspecified atom stereocenters. The summed E-state index contributed by atoms with van der Waals surface area (Å²) < 4.78 is 0. The van der Waals surface area contributed by atoms with Crippen LogP contribution >= 0.6 is 0 Å². The lowest BCUT2D eigenvalue weighted by atomic mass is 10.0.